The van der Waals surface area contributed by atoms with Crippen molar-refractivity contribution in [2.24, 2.45) is 0 Å². The minimum Gasteiger partial charge on any atom is -0.380 e. The molecule has 1 N–H and O–H groups in total. The van der Waals surface area contributed by atoms with Crippen LogP contribution in [0.2, 0.25) is 0 Å². The van der Waals surface area contributed by atoms with Gasteiger partial charge in [-0.3, -0.25) is 4.90 Å². The van der Waals surface area contributed by atoms with E-state index in [1.54, 1.807) is 7.11 Å². The van der Waals surface area contributed by atoms with Crippen LogP contribution in [0.3, 0.4) is 0 Å². The van der Waals surface area contributed by atoms with Crippen LogP contribution in [0.25, 0.3) is 0 Å². The zero-order chi connectivity index (χ0) is 13.8. The highest BCUT2D eigenvalue weighted by atomic mass is 16.5. The quantitative estimate of drug-likeness (QED) is 0.461. The Hall–Kier alpha value is -0.380. The van der Waals surface area contributed by atoms with E-state index in [0.29, 0.717) is 0 Å². The number of methoxy groups -OCH3 is 1. The Morgan fingerprint density at radius 1 is 1.21 bits per heavy atom. The van der Waals surface area contributed by atoms with E-state index in [-0.39, 0.29) is 0 Å². The van der Waals surface area contributed by atoms with Gasteiger partial charge in [-0.15, -0.1) is 0 Å². The Bertz CT molecular complexity index is 241. The third kappa shape index (κ3) is 8.40. The van der Waals surface area contributed by atoms with Crippen molar-refractivity contribution < 1.29 is 4.74 Å². The van der Waals surface area contributed by atoms with Gasteiger partial charge in [-0.05, 0) is 50.9 Å². The van der Waals surface area contributed by atoms with E-state index in [9.17, 15) is 0 Å². The minimum atomic E-state index is 0.818. The van der Waals surface area contributed by atoms with E-state index >= 15 is 0 Å². The zero-order valence-corrected chi connectivity index (χ0v) is 12.9. The molecule has 0 amide bonds. The van der Waals surface area contributed by atoms with Crippen LogP contribution in [0.1, 0.15) is 45.4 Å². The minimum absolute atomic E-state index is 0.818. The van der Waals surface area contributed by atoms with Gasteiger partial charge in [0.05, 0.1) is 6.61 Å². The fraction of sp³-hybridized carbons (Fsp3) is 0.875. The molecule has 1 rings (SSSR count). The van der Waals surface area contributed by atoms with Crippen LogP contribution in [0.15, 0.2) is 11.6 Å². The molecular weight excluding hydrogens is 236 g/mol. The molecule has 0 radical (unpaired) electrons. The molecular formula is C16H32N2O. The Kier molecular flexibility index (Phi) is 10.0. The number of nitrogens with zero attached hydrogens (tertiary/aromatic N) is 1. The molecule has 0 aromatic rings. The Labute approximate surface area is 119 Å². The number of unbranched alkanes of at least 4 members (excludes halogenated alkanes) is 3. The molecule has 112 valence electrons. The van der Waals surface area contributed by atoms with Gasteiger partial charge in [-0.2, -0.15) is 0 Å². The fourth-order valence-corrected chi connectivity index (χ4v) is 2.51. The maximum Gasteiger partial charge on any atom is 0.0673 e. The first-order valence-corrected chi connectivity index (χ1v) is 7.96. The molecule has 3 nitrogen and oxygen atoms in total. The summed E-state index contributed by atoms with van der Waals surface area (Å²) >= 11 is 0. The van der Waals surface area contributed by atoms with E-state index in [1.807, 2.05) is 0 Å². The predicted octanol–water partition coefficient (Wildman–Crippen LogP) is 2.82. The van der Waals surface area contributed by atoms with E-state index in [2.05, 4.69) is 23.2 Å². The van der Waals surface area contributed by atoms with Gasteiger partial charge >= 0.3 is 0 Å². The molecule has 0 saturated heterocycles. The van der Waals surface area contributed by atoms with Crippen LogP contribution < -0.4 is 5.32 Å². The summed E-state index contributed by atoms with van der Waals surface area (Å²) in [5, 5.41) is 3.46. The molecule has 0 spiro atoms. The van der Waals surface area contributed by atoms with Crippen molar-refractivity contribution in [1.82, 2.24) is 10.2 Å². The molecule has 0 bridgehead atoms. The van der Waals surface area contributed by atoms with Gasteiger partial charge in [-0.1, -0.05) is 25.8 Å². The Balaban J connectivity index is 1.91. The first-order valence-electron chi connectivity index (χ1n) is 7.96. The highest BCUT2D eigenvalue weighted by Crippen LogP contribution is 2.12. The van der Waals surface area contributed by atoms with E-state index in [1.165, 1.54) is 70.3 Å². The summed E-state index contributed by atoms with van der Waals surface area (Å²) in [5.41, 5.74) is 1.47. The highest BCUT2D eigenvalue weighted by Gasteiger charge is 2.10. The smallest absolute Gasteiger partial charge is 0.0673 e. The lowest BCUT2D eigenvalue weighted by atomic mass is 10.1. The molecule has 0 unspecified atom stereocenters. The lowest BCUT2D eigenvalue weighted by molar-refractivity contribution is 0.211. The summed E-state index contributed by atoms with van der Waals surface area (Å²) in [6.45, 7) is 9.00. The number of hydrogen-bond acceptors (Lipinski definition) is 3. The molecule has 1 aliphatic heterocycles. The van der Waals surface area contributed by atoms with Gasteiger partial charge in [-0.25, -0.2) is 0 Å². The summed E-state index contributed by atoms with van der Waals surface area (Å²) in [5.74, 6) is 0. The van der Waals surface area contributed by atoms with E-state index in [4.69, 9.17) is 4.74 Å². The van der Waals surface area contributed by atoms with E-state index < -0.39 is 0 Å². The molecule has 3 heteroatoms. The lowest BCUT2D eigenvalue weighted by Crippen LogP contribution is -2.30. The first-order chi connectivity index (χ1) is 9.36. The number of nitrogens with one attached hydrogen (secondary N) is 1. The molecule has 0 saturated carbocycles. The van der Waals surface area contributed by atoms with Crippen LogP contribution in [0.4, 0.5) is 0 Å². The Morgan fingerprint density at radius 2 is 2.05 bits per heavy atom. The van der Waals surface area contributed by atoms with Gasteiger partial charge in [0.15, 0.2) is 0 Å². The van der Waals surface area contributed by atoms with Crippen LogP contribution in [-0.4, -0.2) is 51.3 Å². The topological polar surface area (TPSA) is 24.5 Å². The summed E-state index contributed by atoms with van der Waals surface area (Å²) in [7, 11) is 1.78. The average molecular weight is 268 g/mol. The molecule has 19 heavy (non-hydrogen) atoms. The summed E-state index contributed by atoms with van der Waals surface area (Å²) in [6.07, 6.45) is 10.2. The van der Waals surface area contributed by atoms with Crippen molar-refractivity contribution in [2.45, 2.75) is 45.4 Å². The molecule has 0 aromatic heterocycles. The van der Waals surface area contributed by atoms with Crippen LogP contribution in [-0.2, 0) is 4.74 Å². The molecule has 0 aromatic carbocycles. The second kappa shape index (κ2) is 11.4. The molecule has 0 aliphatic carbocycles. The molecule has 1 aliphatic rings. The lowest BCUT2D eigenvalue weighted by Gasteiger charge is -2.26. The average Bonchev–Trinajstić information content (AvgIpc) is 2.44. The summed E-state index contributed by atoms with van der Waals surface area (Å²) in [6, 6.07) is 0. The summed E-state index contributed by atoms with van der Waals surface area (Å²) in [4.78, 5) is 2.56. The summed E-state index contributed by atoms with van der Waals surface area (Å²) < 4.78 is 5.18. The predicted molar refractivity (Wildman–Crippen MR) is 82.6 cm³/mol. The van der Waals surface area contributed by atoms with Crippen LogP contribution >= 0.6 is 0 Å². The van der Waals surface area contributed by atoms with Crippen molar-refractivity contribution in [3.8, 4) is 0 Å². The maximum atomic E-state index is 5.18. The third-order valence-corrected chi connectivity index (χ3v) is 3.72. The first kappa shape index (κ1) is 16.7. The monoisotopic (exact) mass is 268 g/mol. The van der Waals surface area contributed by atoms with Crippen molar-refractivity contribution in [1.29, 1.82) is 0 Å². The van der Waals surface area contributed by atoms with Gasteiger partial charge in [0, 0.05) is 20.2 Å². The van der Waals surface area contributed by atoms with Crippen molar-refractivity contribution >= 4 is 0 Å². The fourth-order valence-electron chi connectivity index (χ4n) is 2.51. The van der Waals surface area contributed by atoms with Crippen molar-refractivity contribution in [3.63, 3.8) is 0 Å². The van der Waals surface area contributed by atoms with Crippen molar-refractivity contribution in [3.05, 3.63) is 11.6 Å². The third-order valence-electron chi connectivity index (χ3n) is 3.72. The maximum absolute atomic E-state index is 5.18. The van der Waals surface area contributed by atoms with Crippen LogP contribution in [0.5, 0.6) is 0 Å². The Morgan fingerprint density at radius 3 is 2.74 bits per heavy atom. The second-order valence-electron chi connectivity index (χ2n) is 5.51. The zero-order valence-electron chi connectivity index (χ0n) is 12.9. The van der Waals surface area contributed by atoms with Gasteiger partial charge < -0.3 is 10.1 Å². The molecule has 0 fully saturated rings. The van der Waals surface area contributed by atoms with Gasteiger partial charge in [0.2, 0.25) is 0 Å². The van der Waals surface area contributed by atoms with Gasteiger partial charge in [0.25, 0.3) is 0 Å². The van der Waals surface area contributed by atoms with Crippen LogP contribution in [0, 0.1) is 0 Å². The normalized spacial score (nSPS) is 16.6. The number of rotatable bonds is 11. The highest BCUT2D eigenvalue weighted by molar-refractivity contribution is 5.07. The van der Waals surface area contributed by atoms with E-state index in [0.717, 1.165) is 13.2 Å². The van der Waals surface area contributed by atoms with Crippen molar-refractivity contribution in [2.75, 3.05) is 46.4 Å². The largest absolute Gasteiger partial charge is 0.380 e. The standard InChI is InChI=1S/C16H32N2O/c1-3-10-17-11-6-4-5-7-12-18-13-8-16(9-14-18)15-19-2/h8,17H,3-7,9-15H2,1-2H3. The second-order valence-corrected chi connectivity index (χ2v) is 5.51. The molecule has 0 atom stereocenters. The molecule has 1 heterocycles. The van der Waals surface area contributed by atoms with Gasteiger partial charge in [0.1, 0.15) is 0 Å². The number of ether oxygens (including phenoxy) is 1. The number of hydrogen-bond donors (Lipinski definition) is 1. The SMILES string of the molecule is CCCNCCCCCCN1CC=C(COC)CC1.